The summed E-state index contributed by atoms with van der Waals surface area (Å²) < 4.78 is 4.91. The lowest BCUT2D eigenvalue weighted by Gasteiger charge is -2.13. The highest BCUT2D eigenvalue weighted by Gasteiger charge is 2.10. The Morgan fingerprint density at radius 3 is 2.71 bits per heavy atom. The van der Waals surface area contributed by atoms with E-state index in [0.717, 1.165) is 18.4 Å². The number of aromatic hydroxyl groups is 1. The van der Waals surface area contributed by atoms with Crippen molar-refractivity contribution in [3.63, 3.8) is 0 Å². The molecule has 0 aliphatic heterocycles. The van der Waals surface area contributed by atoms with Crippen LogP contribution in [0.25, 0.3) is 0 Å². The summed E-state index contributed by atoms with van der Waals surface area (Å²) in [4.78, 5) is 11.7. The van der Waals surface area contributed by atoms with E-state index >= 15 is 0 Å². The number of nitrogens with one attached hydrogen (secondary N) is 2. The average Bonchev–Trinajstić information content (AvgIpc) is 2.83. The van der Waals surface area contributed by atoms with E-state index in [0.29, 0.717) is 11.6 Å². The number of carbonyl (C=O) groups is 1. The maximum Gasteiger partial charge on any atom is 0.321 e. The monoisotopic (exact) mass is 289 g/mol. The Bertz CT molecular complexity index is 592. The van der Waals surface area contributed by atoms with Crippen molar-refractivity contribution in [2.45, 2.75) is 32.7 Å². The van der Waals surface area contributed by atoms with Crippen LogP contribution in [0.1, 0.15) is 24.6 Å². The van der Waals surface area contributed by atoms with Crippen LogP contribution in [0.4, 0.5) is 10.7 Å². The average molecular weight is 289 g/mol. The minimum absolute atomic E-state index is 0.0165. The fraction of sp³-hybridized carbons (Fsp3) is 0.333. The summed E-state index contributed by atoms with van der Waals surface area (Å²) in [6.45, 7) is 3.72. The standard InChI is InChI=1S/C15H19N3O3/c1-10(3-4-12-5-7-13(19)8-6-12)16-15(20)17-14-9-11(2)18-21-14/h5-10,19H,3-4H2,1-2H3,(H2,16,17,20)/t10-/m1/s1. The van der Waals surface area contributed by atoms with E-state index in [1.807, 2.05) is 19.1 Å². The van der Waals surface area contributed by atoms with Crippen LogP contribution in [0.3, 0.4) is 0 Å². The quantitative estimate of drug-likeness (QED) is 0.789. The van der Waals surface area contributed by atoms with Crippen molar-refractivity contribution in [3.05, 3.63) is 41.6 Å². The third kappa shape index (κ3) is 4.83. The van der Waals surface area contributed by atoms with Gasteiger partial charge in [0.1, 0.15) is 5.75 Å². The molecule has 6 heteroatoms. The molecule has 2 rings (SSSR count). The van der Waals surface area contributed by atoms with E-state index in [1.165, 1.54) is 0 Å². The van der Waals surface area contributed by atoms with Crippen LogP contribution in [0, 0.1) is 6.92 Å². The number of hydrogen-bond donors (Lipinski definition) is 3. The molecule has 21 heavy (non-hydrogen) atoms. The number of nitrogens with zero attached hydrogens (tertiary/aromatic N) is 1. The molecule has 1 aromatic carbocycles. The Kier molecular flexibility index (Phi) is 4.81. The smallest absolute Gasteiger partial charge is 0.321 e. The highest BCUT2D eigenvalue weighted by atomic mass is 16.5. The zero-order valence-electron chi connectivity index (χ0n) is 12.1. The van der Waals surface area contributed by atoms with E-state index < -0.39 is 0 Å². The number of aryl methyl sites for hydroxylation is 2. The first kappa shape index (κ1) is 14.9. The zero-order chi connectivity index (χ0) is 15.2. The Balaban J connectivity index is 1.74. The zero-order valence-corrected chi connectivity index (χ0v) is 12.1. The molecule has 112 valence electrons. The van der Waals surface area contributed by atoms with Gasteiger partial charge in [0.15, 0.2) is 0 Å². The van der Waals surface area contributed by atoms with Gasteiger partial charge in [-0.05, 0) is 44.4 Å². The summed E-state index contributed by atoms with van der Waals surface area (Å²) in [7, 11) is 0. The number of phenols is 1. The lowest BCUT2D eigenvalue weighted by molar-refractivity contribution is 0.247. The van der Waals surface area contributed by atoms with E-state index in [1.54, 1.807) is 25.1 Å². The maximum atomic E-state index is 11.7. The van der Waals surface area contributed by atoms with Crippen LogP contribution in [-0.4, -0.2) is 22.3 Å². The molecule has 0 radical (unpaired) electrons. The first-order chi connectivity index (χ1) is 10.0. The van der Waals surface area contributed by atoms with Gasteiger partial charge in [-0.25, -0.2) is 4.79 Å². The number of rotatable bonds is 5. The normalized spacial score (nSPS) is 11.9. The SMILES string of the molecule is Cc1cc(NC(=O)N[C@H](C)CCc2ccc(O)cc2)on1. The van der Waals surface area contributed by atoms with Gasteiger partial charge in [0.25, 0.3) is 0 Å². The molecule has 0 saturated carbocycles. The third-order valence-corrected chi connectivity index (χ3v) is 3.04. The molecule has 6 nitrogen and oxygen atoms in total. The van der Waals surface area contributed by atoms with Gasteiger partial charge in [0.05, 0.1) is 5.69 Å². The molecule has 1 atom stereocenters. The Hall–Kier alpha value is -2.50. The molecule has 0 unspecified atom stereocenters. The van der Waals surface area contributed by atoms with Crippen molar-refractivity contribution in [1.82, 2.24) is 10.5 Å². The second-order valence-electron chi connectivity index (χ2n) is 5.04. The van der Waals surface area contributed by atoms with Crippen LogP contribution in [-0.2, 0) is 6.42 Å². The maximum absolute atomic E-state index is 11.7. The largest absolute Gasteiger partial charge is 0.508 e. The molecule has 0 bridgehead atoms. The molecular formula is C15H19N3O3. The Morgan fingerprint density at radius 1 is 1.38 bits per heavy atom. The van der Waals surface area contributed by atoms with Crippen LogP contribution >= 0.6 is 0 Å². The minimum atomic E-state index is -0.315. The summed E-state index contributed by atoms with van der Waals surface area (Å²) in [5, 5.41) is 18.3. The van der Waals surface area contributed by atoms with Crippen LogP contribution in [0.2, 0.25) is 0 Å². The fourth-order valence-electron chi connectivity index (χ4n) is 1.91. The Morgan fingerprint density at radius 2 is 2.10 bits per heavy atom. The van der Waals surface area contributed by atoms with Crippen molar-refractivity contribution in [2.24, 2.45) is 0 Å². The molecule has 0 saturated heterocycles. The van der Waals surface area contributed by atoms with Crippen LogP contribution in [0.5, 0.6) is 5.75 Å². The first-order valence-electron chi connectivity index (χ1n) is 6.81. The molecular weight excluding hydrogens is 270 g/mol. The van der Waals surface area contributed by atoms with Gasteiger partial charge in [0, 0.05) is 12.1 Å². The van der Waals surface area contributed by atoms with Crippen LogP contribution in [0.15, 0.2) is 34.9 Å². The summed E-state index contributed by atoms with van der Waals surface area (Å²) in [5.74, 6) is 0.586. The molecule has 0 fully saturated rings. The predicted molar refractivity (Wildman–Crippen MR) is 79.3 cm³/mol. The number of urea groups is 1. The summed E-state index contributed by atoms with van der Waals surface area (Å²) >= 11 is 0. The van der Waals surface area contributed by atoms with Gasteiger partial charge in [0.2, 0.25) is 5.88 Å². The Labute approximate surface area is 123 Å². The van der Waals surface area contributed by atoms with Crippen molar-refractivity contribution < 1.29 is 14.4 Å². The van der Waals surface area contributed by atoms with Gasteiger partial charge in [-0.2, -0.15) is 0 Å². The summed E-state index contributed by atoms with van der Waals surface area (Å²) in [6, 6.07) is 8.42. The van der Waals surface area contributed by atoms with E-state index in [2.05, 4.69) is 15.8 Å². The van der Waals surface area contributed by atoms with E-state index in [9.17, 15) is 9.90 Å². The molecule has 2 aromatic rings. The number of carbonyl (C=O) groups excluding carboxylic acids is 1. The molecule has 0 aliphatic rings. The van der Waals surface area contributed by atoms with Crippen molar-refractivity contribution in [3.8, 4) is 5.75 Å². The van der Waals surface area contributed by atoms with Crippen molar-refractivity contribution in [2.75, 3.05) is 5.32 Å². The fourth-order valence-corrected chi connectivity index (χ4v) is 1.91. The highest BCUT2D eigenvalue weighted by molar-refractivity contribution is 5.87. The van der Waals surface area contributed by atoms with E-state index in [4.69, 9.17) is 4.52 Å². The minimum Gasteiger partial charge on any atom is -0.508 e. The number of benzene rings is 1. The number of phenolic OH excluding ortho intramolecular Hbond substituents is 1. The first-order valence-corrected chi connectivity index (χ1v) is 6.81. The lowest BCUT2D eigenvalue weighted by Crippen LogP contribution is -2.36. The highest BCUT2D eigenvalue weighted by Crippen LogP contribution is 2.12. The summed E-state index contributed by atoms with van der Waals surface area (Å²) in [5.41, 5.74) is 1.83. The number of amides is 2. The van der Waals surface area contributed by atoms with Gasteiger partial charge < -0.3 is 14.9 Å². The number of aromatic nitrogens is 1. The number of anilines is 1. The van der Waals surface area contributed by atoms with E-state index in [-0.39, 0.29) is 17.8 Å². The molecule has 2 amide bonds. The second kappa shape index (κ2) is 6.78. The number of hydrogen-bond acceptors (Lipinski definition) is 4. The predicted octanol–water partition coefficient (Wildman–Crippen LogP) is 2.83. The molecule has 0 spiro atoms. The van der Waals surface area contributed by atoms with Gasteiger partial charge in [-0.3, -0.25) is 5.32 Å². The molecule has 0 aliphatic carbocycles. The van der Waals surface area contributed by atoms with Gasteiger partial charge >= 0.3 is 6.03 Å². The second-order valence-corrected chi connectivity index (χ2v) is 5.04. The van der Waals surface area contributed by atoms with Crippen LogP contribution < -0.4 is 10.6 Å². The molecule has 1 aromatic heterocycles. The van der Waals surface area contributed by atoms with Crippen molar-refractivity contribution in [1.29, 1.82) is 0 Å². The summed E-state index contributed by atoms with van der Waals surface area (Å²) in [6.07, 6.45) is 1.62. The third-order valence-electron chi connectivity index (χ3n) is 3.04. The van der Waals surface area contributed by atoms with Gasteiger partial charge in [-0.15, -0.1) is 0 Å². The molecule has 1 heterocycles. The lowest BCUT2D eigenvalue weighted by atomic mass is 10.1. The topological polar surface area (TPSA) is 87.4 Å². The van der Waals surface area contributed by atoms with Crippen molar-refractivity contribution >= 4 is 11.9 Å². The van der Waals surface area contributed by atoms with Gasteiger partial charge in [-0.1, -0.05) is 17.3 Å². The molecule has 3 N–H and O–H groups in total.